The summed E-state index contributed by atoms with van der Waals surface area (Å²) in [6, 6.07) is 0. The smallest absolute Gasteiger partial charge is 0.118 e. The minimum Gasteiger partial charge on any atom is -0.384 e. The predicted molar refractivity (Wildman–Crippen MR) is 41.3 cm³/mol. The van der Waals surface area contributed by atoms with Crippen molar-refractivity contribution < 1.29 is 0 Å². The summed E-state index contributed by atoms with van der Waals surface area (Å²) in [5.74, 6) is 0.446. The Balaban J connectivity index is 3.86. The van der Waals surface area contributed by atoms with E-state index in [1.54, 1.807) is 13.0 Å². The summed E-state index contributed by atoms with van der Waals surface area (Å²) in [5, 5.41) is 0. The highest BCUT2D eigenvalue weighted by molar-refractivity contribution is 6.32. The summed E-state index contributed by atoms with van der Waals surface area (Å²) in [6.45, 7) is 5.20. The zero-order chi connectivity index (χ0) is 7.28. The van der Waals surface area contributed by atoms with Crippen LogP contribution in [0.2, 0.25) is 0 Å². The van der Waals surface area contributed by atoms with Gasteiger partial charge >= 0.3 is 0 Å². The molecule has 0 heterocycles. The molecule has 0 unspecified atom stereocenters. The van der Waals surface area contributed by atoms with Gasteiger partial charge in [0.25, 0.3) is 0 Å². The van der Waals surface area contributed by atoms with E-state index in [0.29, 0.717) is 11.3 Å². The Morgan fingerprint density at radius 3 is 2.67 bits per heavy atom. The Kier molecular flexibility index (Phi) is 3.52. The third-order valence-electron chi connectivity index (χ3n) is 0.675. The zero-order valence-electron chi connectivity index (χ0n) is 5.46. The van der Waals surface area contributed by atoms with Crippen molar-refractivity contribution in [1.82, 2.24) is 0 Å². The monoisotopic (exact) mass is 120 g/mol. The molecule has 2 N–H and O–H groups in total. The largest absolute Gasteiger partial charge is 0.384 e. The fraction of sp³-hybridized carbons (Fsp3) is 0.167. The first-order valence-electron chi connectivity index (χ1n) is 2.57. The zero-order valence-corrected chi connectivity index (χ0v) is 5.46. The lowest BCUT2D eigenvalue weighted by molar-refractivity contribution is 1.24. The Morgan fingerprint density at radius 1 is 1.78 bits per heavy atom. The average Bonchev–Trinajstić information content (AvgIpc) is 1.83. The molecular weight excluding hydrogens is 111 g/mol. The van der Waals surface area contributed by atoms with Gasteiger partial charge in [-0.3, -0.25) is 0 Å². The third kappa shape index (κ3) is 4.88. The Bertz CT molecular complexity index is 158. The Morgan fingerprint density at radius 2 is 2.33 bits per heavy atom. The maximum Gasteiger partial charge on any atom is 0.118 e. The van der Waals surface area contributed by atoms with Gasteiger partial charge in [0.1, 0.15) is 13.7 Å². The summed E-state index contributed by atoms with van der Waals surface area (Å²) in [6.07, 6.45) is 3.09. The molecule has 46 valence electrons. The van der Waals surface area contributed by atoms with E-state index < -0.39 is 0 Å². The SMILES string of the molecule is [B]C(=C)C=N/C(N)=C\C. The molecule has 0 saturated heterocycles. The first kappa shape index (κ1) is 8.01. The number of hydrogen-bond donors (Lipinski definition) is 1. The molecule has 0 aromatic heterocycles. The molecule has 0 fully saturated rings. The van der Waals surface area contributed by atoms with Crippen molar-refractivity contribution in [2.24, 2.45) is 10.7 Å². The van der Waals surface area contributed by atoms with Crippen molar-refractivity contribution in [3.8, 4) is 0 Å². The van der Waals surface area contributed by atoms with Crippen molar-refractivity contribution in [3.05, 3.63) is 23.9 Å². The van der Waals surface area contributed by atoms with Gasteiger partial charge in [0, 0.05) is 6.21 Å². The van der Waals surface area contributed by atoms with Crippen molar-refractivity contribution in [1.29, 1.82) is 0 Å². The molecule has 0 rings (SSSR count). The van der Waals surface area contributed by atoms with Gasteiger partial charge < -0.3 is 5.73 Å². The molecule has 0 bridgehead atoms. The lowest BCUT2D eigenvalue weighted by atomic mass is 10.00. The van der Waals surface area contributed by atoms with Gasteiger partial charge in [0.2, 0.25) is 0 Å². The Hall–Kier alpha value is -0.985. The minimum atomic E-state index is 0.403. The first-order chi connectivity index (χ1) is 4.16. The van der Waals surface area contributed by atoms with Crippen LogP contribution in [0.5, 0.6) is 0 Å². The van der Waals surface area contributed by atoms with E-state index in [1.807, 2.05) is 0 Å². The molecule has 0 amide bonds. The maximum atomic E-state index is 5.29. The quantitative estimate of drug-likeness (QED) is 0.419. The van der Waals surface area contributed by atoms with Crippen molar-refractivity contribution in [2.75, 3.05) is 0 Å². The van der Waals surface area contributed by atoms with Crippen LogP contribution in [0, 0.1) is 0 Å². The Labute approximate surface area is 56.6 Å². The van der Waals surface area contributed by atoms with E-state index in [4.69, 9.17) is 13.6 Å². The van der Waals surface area contributed by atoms with Gasteiger partial charge in [0.15, 0.2) is 0 Å². The standard InChI is InChI=1S/C6H9BN2/c1-3-6(8)9-4-5(2)7/h3-4H,2,8H2,1H3/b6-3-,9-4?. The number of rotatable bonds is 2. The van der Waals surface area contributed by atoms with Crippen LogP contribution in [0.1, 0.15) is 6.92 Å². The van der Waals surface area contributed by atoms with Gasteiger partial charge in [0.05, 0.1) is 0 Å². The van der Waals surface area contributed by atoms with Crippen LogP contribution in [-0.4, -0.2) is 14.1 Å². The van der Waals surface area contributed by atoms with Gasteiger partial charge in [-0.05, 0) is 13.0 Å². The van der Waals surface area contributed by atoms with Gasteiger partial charge in [-0.2, -0.15) is 0 Å². The molecule has 0 spiro atoms. The molecule has 0 aliphatic heterocycles. The summed E-state index contributed by atoms with van der Waals surface area (Å²) in [4.78, 5) is 3.73. The predicted octanol–water partition coefficient (Wildman–Crippen LogP) is 0.559. The molecule has 2 nitrogen and oxygen atoms in total. The van der Waals surface area contributed by atoms with Crippen molar-refractivity contribution in [3.63, 3.8) is 0 Å². The first-order valence-corrected chi connectivity index (χ1v) is 2.57. The van der Waals surface area contributed by atoms with Crippen LogP contribution >= 0.6 is 0 Å². The van der Waals surface area contributed by atoms with E-state index in [9.17, 15) is 0 Å². The molecule has 9 heavy (non-hydrogen) atoms. The molecule has 0 atom stereocenters. The van der Waals surface area contributed by atoms with E-state index in [2.05, 4.69) is 11.6 Å². The van der Waals surface area contributed by atoms with E-state index >= 15 is 0 Å². The van der Waals surface area contributed by atoms with Crippen LogP contribution < -0.4 is 5.73 Å². The third-order valence-corrected chi connectivity index (χ3v) is 0.675. The fourth-order valence-electron chi connectivity index (χ4n) is 0.232. The maximum absolute atomic E-state index is 5.29. The molecule has 3 heteroatoms. The lowest BCUT2D eigenvalue weighted by Crippen LogP contribution is -1.93. The normalized spacial score (nSPS) is 12.3. The number of nitrogens with zero attached hydrogens (tertiary/aromatic N) is 1. The number of aliphatic imine (C=N–C) groups is 1. The number of nitrogens with two attached hydrogens (primary N) is 1. The van der Waals surface area contributed by atoms with Crippen LogP contribution in [0.25, 0.3) is 0 Å². The fourth-order valence-corrected chi connectivity index (χ4v) is 0.232. The number of allylic oxidation sites excluding steroid dienone is 2. The molecule has 0 aromatic rings. The van der Waals surface area contributed by atoms with Gasteiger partial charge in [-0.25, -0.2) is 4.99 Å². The summed E-state index contributed by atoms with van der Waals surface area (Å²) < 4.78 is 0. The second kappa shape index (κ2) is 3.95. The van der Waals surface area contributed by atoms with Crippen molar-refractivity contribution in [2.45, 2.75) is 6.92 Å². The van der Waals surface area contributed by atoms with E-state index in [-0.39, 0.29) is 0 Å². The van der Waals surface area contributed by atoms with Crippen molar-refractivity contribution >= 4 is 14.1 Å². The molecule has 0 aromatic carbocycles. The van der Waals surface area contributed by atoms with Gasteiger partial charge in [-0.1, -0.05) is 5.47 Å². The molecule has 0 aliphatic rings. The molecule has 0 saturated carbocycles. The second-order valence-electron chi connectivity index (χ2n) is 1.55. The van der Waals surface area contributed by atoms with E-state index in [1.165, 1.54) is 6.21 Å². The minimum absolute atomic E-state index is 0.403. The molecule has 0 aliphatic carbocycles. The molecule has 2 radical (unpaired) electrons. The number of hydrogen-bond acceptors (Lipinski definition) is 2. The topological polar surface area (TPSA) is 38.4 Å². The lowest BCUT2D eigenvalue weighted by Gasteiger charge is -1.87. The summed E-state index contributed by atoms with van der Waals surface area (Å²) in [7, 11) is 5.17. The highest BCUT2D eigenvalue weighted by Gasteiger charge is 1.76. The average molecular weight is 120 g/mol. The summed E-state index contributed by atoms with van der Waals surface area (Å²) in [5.41, 5.74) is 5.69. The molecular formula is C6H9BN2. The highest BCUT2D eigenvalue weighted by atomic mass is 14.9. The van der Waals surface area contributed by atoms with Crippen LogP contribution in [-0.2, 0) is 0 Å². The van der Waals surface area contributed by atoms with Gasteiger partial charge in [-0.15, -0.1) is 6.58 Å². The van der Waals surface area contributed by atoms with Crippen LogP contribution in [0.15, 0.2) is 28.9 Å². The van der Waals surface area contributed by atoms with Crippen LogP contribution in [0.3, 0.4) is 0 Å². The van der Waals surface area contributed by atoms with E-state index in [0.717, 1.165) is 0 Å². The highest BCUT2D eigenvalue weighted by Crippen LogP contribution is 1.83. The summed E-state index contributed by atoms with van der Waals surface area (Å²) >= 11 is 0. The second-order valence-corrected chi connectivity index (χ2v) is 1.55. The van der Waals surface area contributed by atoms with Crippen LogP contribution in [0.4, 0.5) is 0 Å².